The molecule has 20 heavy (non-hydrogen) atoms. The fraction of sp³-hybridized carbons (Fsp3) is 0.375. The zero-order valence-corrected chi connectivity index (χ0v) is 13.7. The molecule has 2 N–H and O–H groups in total. The molecular weight excluding hydrogens is 314 g/mol. The first-order chi connectivity index (χ1) is 9.49. The smallest absolute Gasteiger partial charge is 0.160 e. The van der Waals surface area contributed by atoms with E-state index in [9.17, 15) is 0 Å². The lowest BCUT2D eigenvalue weighted by molar-refractivity contribution is 0.635. The summed E-state index contributed by atoms with van der Waals surface area (Å²) < 4.78 is 1.02. The summed E-state index contributed by atoms with van der Waals surface area (Å²) in [6.07, 6.45) is 1.74. The Morgan fingerprint density at radius 1 is 1.20 bits per heavy atom. The van der Waals surface area contributed by atoms with Gasteiger partial charge in [0.15, 0.2) is 5.82 Å². The van der Waals surface area contributed by atoms with Crippen LogP contribution < -0.4 is 5.73 Å². The van der Waals surface area contributed by atoms with Gasteiger partial charge in [0.05, 0.1) is 0 Å². The van der Waals surface area contributed by atoms with Gasteiger partial charge in [-0.15, -0.1) is 0 Å². The predicted octanol–water partition coefficient (Wildman–Crippen LogP) is 3.80. The quantitative estimate of drug-likeness (QED) is 0.925. The lowest BCUT2D eigenvalue weighted by atomic mass is 10.1. The molecule has 0 bridgehead atoms. The molecule has 0 spiro atoms. The average Bonchev–Trinajstić information content (AvgIpc) is 2.37. The molecule has 0 amide bonds. The molecule has 1 aromatic carbocycles. The summed E-state index contributed by atoms with van der Waals surface area (Å²) in [6, 6.07) is 8.37. The minimum atomic E-state index is 0.151. The highest BCUT2D eigenvalue weighted by molar-refractivity contribution is 9.10. The van der Waals surface area contributed by atoms with E-state index in [-0.39, 0.29) is 6.04 Å². The third kappa shape index (κ3) is 3.64. The Morgan fingerprint density at radius 3 is 2.60 bits per heavy atom. The fourth-order valence-corrected chi connectivity index (χ4v) is 2.74. The highest BCUT2D eigenvalue weighted by Gasteiger charge is 2.10. The van der Waals surface area contributed by atoms with Crippen molar-refractivity contribution in [2.45, 2.75) is 39.7 Å². The molecule has 1 unspecified atom stereocenters. The van der Waals surface area contributed by atoms with Gasteiger partial charge in [-0.1, -0.05) is 28.9 Å². The van der Waals surface area contributed by atoms with Gasteiger partial charge in [0.1, 0.15) is 0 Å². The van der Waals surface area contributed by atoms with Gasteiger partial charge < -0.3 is 5.73 Å². The van der Waals surface area contributed by atoms with E-state index in [1.54, 1.807) is 0 Å². The molecule has 0 aliphatic heterocycles. The van der Waals surface area contributed by atoms with Crippen LogP contribution in [0.15, 0.2) is 28.7 Å². The Labute approximate surface area is 128 Å². The SMILES string of the molecule is CCC(N)Cc1cc(C)nc(-c2ccc(C)cc2Br)n1. The molecule has 4 heteroatoms. The largest absolute Gasteiger partial charge is 0.327 e. The van der Waals surface area contributed by atoms with Crippen molar-refractivity contribution in [1.29, 1.82) is 0 Å². The van der Waals surface area contributed by atoms with Crippen molar-refractivity contribution in [3.63, 3.8) is 0 Å². The van der Waals surface area contributed by atoms with Crippen molar-refractivity contribution >= 4 is 15.9 Å². The summed E-state index contributed by atoms with van der Waals surface area (Å²) in [5.74, 6) is 0.759. The van der Waals surface area contributed by atoms with Gasteiger partial charge in [0, 0.05) is 33.9 Å². The van der Waals surface area contributed by atoms with Crippen LogP contribution in [0.25, 0.3) is 11.4 Å². The van der Waals surface area contributed by atoms with E-state index < -0.39 is 0 Å². The number of aryl methyl sites for hydroxylation is 2. The Hall–Kier alpha value is -1.26. The van der Waals surface area contributed by atoms with Gasteiger partial charge >= 0.3 is 0 Å². The highest BCUT2D eigenvalue weighted by atomic mass is 79.9. The van der Waals surface area contributed by atoms with Crippen LogP contribution in [0.4, 0.5) is 0 Å². The first-order valence-electron chi connectivity index (χ1n) is 6.86. The number of hydrogen-bond acceptors (Lipinski definition) is 3. The summed E-state index contributed by atoms with van der Waals surface area (Å²) >= 11 is 3.59. The second-order valence-corrected chi connectivity index (χ2v) is 6.03. The number of nitrogens with zero attached hydrogens (tertiary/aromatic N) is 2. The van der Waals surface area contributed by atoms with Gasteiger partial charge in [0.25, 0.3) is 0 Å². The normalized spacial score (nSPS) is 12.4. The monoisotopic (exact) mass is 333 g/mol. The molecule has 0 saturated heterocycles. The van der Waals surface area contributed by atoms with Crippen LogP contribution in [-0.4, -0.2) is 16.0 Å². The van der Waals surface area contributed by atoms with Crippen LogP contribution in [-0.2, 0) is 6.42 Å². The zero-order valence-electron chi connectivity index (χ0n) is 12.2. The first-order valence-corrected chi connectivity index (χ1v) is 7.65. The number of halogens is 1. The maximum Gasteiger partial charge on any atom is 0.160 e. The molecule has 106 valence electrons. The molecule has 0 radical (unpaired) electrons. The van der Waals surface area contributed by atoms with Crippen LogP contribution in [0.2, 0.25) is 0 Å². The molecule has 1 heterocycles. The fourth-order valence-electron chi connectivity index (χ4n) is 2.07. The summed E-state index contributed by atoms with van der Waals surface area (Å²) in [4.78, 5) is 9.21. The van der Waals surface area contributed by atoms with E-state index in [1.165, 1.54) is 5.56 Å². The molecule has 1 atom stereocenters. The molecule has 2 rings (SSSR count). The topological polar surface area (TPSA) is 51.8 Å². The molecule has 0 saturated carbocycles. The van der Waals surface area contributed by atoms with Crippen molar-refractivity contribution < 1.29 is 0 Å². The Kier molecular flexibility index (Phi) is 4.89. The molecular formula is C16H20BrN3. The molecule has 0 aliphatic carbocycles. The second kappa shape index (κ2) is 6.46. The van der Waals surface area contributed by atoms with Crippen molar-refractivity contribution in [1.82, 2.24) is 9.97 Å². The van der Waals surface area contributed by atoms with E-state index in [0.29, 0.717) is 0 Å². The first kappa shape index (κ1) is 15.1. The van der Waals surface area contributed by atoms with E-state index in [2.05, 4.69) is 57.9 Å². The lowest BCUT2D eigenvalue weighted by Gasteiger charge is -2.11. The predicted molar refractivity (Wildman–Crippen MR) is 86.6 cm³/mol. The zero-order chi connectivity index (χ0) is 14.7. The van der Waals surface area contributed by atoms with Crippen LogP contribution in [0.3, 0.4) is 0 Å². The number of nitrogens with two attached hydrogens (primary N) is 1. The number of benzene rings is 1. The van der Waals surface area contributed by atoms with Crippen LogP contribution in [0.5, 0.6) is 0 Å². The Morgan fingerprint density at radius 2 is 1.95 bits per heavy atom. The third-order valence-corrected chi connectivity index (χ3v) is 3.92. The van der Waals surface area contributed by atoms with Gasteiger partial charge in [-0.25, -0.2) is 9.97 Å². The van der Waals surface area contributed by atoms with Gasteiger partial charge in [-0.2, -0.15) is 0 Å². The summed E-state index contributed by atoms with van der Waals surface area (Å²) in [5.41, 5.74) is 10.2. The molecule has 2 aromatic rings. The van der Waals surface area contributed by atoms with E-state index in [1.807, 2.05) is 13.0 Å². The minimum absolute atomic E-state index is 0.151. The summed E-state index contributed by atoms with van der Waals surface area (Å²) in [5, 5.41) is 0. The number of rotatable bonds is 4. The third-order valence-electron chi connectivity index (χ3n) is 3.27. The van der Waals surface area contributed by atoms with E-state index in [0.717, 1.165) is 40.1 Å². The van der Waals surface area contributed by atoms with Crippen molar-refractivity contribution in [2.24, 2.45) is 5.73 Å². The molecule has 3 nitrogen and oxygen atoms in total. The number of hydrogen-bond donors (Lipinski definition) is 1. The molecule has 1 aromatic heterocycles. The van der Waals surface area contributed by atoms with Crippen LogP contribution in [0.1, 0.15) is 30.3 Å². The van der Waals surface area contributed by atoms with E-state index in [4.69, 9.17) is 5.73 Å². The van der Waals surface area contributed by atoms with Gasteiger partial charge in [-0.05, 0) is 44.0 Å². The Balaban J connectivity index is 2.41. The highest BCUT2D eigenvalue weighted by Crippen LogP contribution is 2.27. The standard InChI is InChI=1S/C16H20BrN3/c1-4-12(18)9-13-8-11(3)19-16(20-13)14-6-5-10(2)7-15(14)17/h5-8,12H,4,9,18H2,1-3H3. The average molecular weight is 334 g/mol. The number of aromatic nitrogens is 2. The summed E-state index contributed by atoms with van der Waals surface area (Å²) in [7, 11) is 0. The van der Waals surface area contributed by atoms with Gasteiger partial charge in [-0.3, -0.25) is 0 Å². The van der Waals surface area contributed by atoms with Gasteiger partial charge in [0.2, 0.25) is 0 Å². The maximum absolute atomic E-state index is 6.02. The Bertz CT molecular complexity index is 611. The molecule has 0 aliphatic rings. The lowest BCUT2D eigenvalue weighted by Crippen LogP contribution is -2.22. The van der Waals surface area contributed by atoms with Crippen LogP contribution >= 0.6 is 15.9 Å². The minimum Gasteiger partial charge on any atom is -0.327 e. The van der Waals surface area contributed by atoms with Crippen molar-refractivity contribution in [3.8, 4) is 11.4 Å². The van der Waals surface area contributed by atoms with Crippen LogP contribution in [0, 0.1) is 13.8 Å². The van der Waals surface area contributed by atoms with E-state index >= 15 is 0 Å². The molecule has 0 fully saturated rings. The van der Waals surface area contributed by atoms with Crippen molar-refractivity contribution in [3.05, 3.63) is 45.7 Å². The summed E-state index contributed by atoms with van der Waals surface area (Å²) in [6.45, 7) is 6.15. The maximum atomic E-state index is 6.02. The second-order valence-electron chi connectivity index (χ2n) is 5.18. The van der Waals surface area contributed by atoms with Crippen molar-refractivity contribution in [2.75, 3.05) is 0 Å².